The molecule has 10 nitrogen and oxygen atoms in total. The van der Waals surface area contributed by atoms with Crippen LogP contribution in [0.2, 0.25) is 0 Å². The van der Waals surface area contributed by atoms with Gasteiger partial charge < -0.3 is 23.7 Å². The lowest BCUT2D eigenvalue weighted by Gasteiger charge is -2.16. The lowest BCUT2D eigenvalue weighted by molar-refractivity contribution is -0.0156. The second-order valence-electron chi connectivity index (χ2n) is 8.51. The number of nitrogens with zero attached hydrogens (tertiary/aromatic N) is 6. The maximum atomic E-state index is 11.8. The Labute approximate surface area is 202 Å². The molecule has 1 fully saturated rings. The van der Waals surface area contributed by atoms with Crippen LogP contribution in [0.1, 0.15) is 29.6 Å². The van der Waals surface area contributed by atoms with Crippen LogP contribution < -0.4 is 4.74 Å². The van der Waals surface area contributed by atoms with E-state index in [2.05, 4.69) is 19.9 Å². The number of ether oxygens (including phenoxy) is 3. The first-order valence-corrected chi connectivity index (χ1v) is 11.3. The number of methoxy groups -OCH3 is 1. The smallest absolute Gasteiger partial charge is 0.356 e. The van der Waals surface area contributed by atoms with Crippen molar-refractivity contribution in [1.82, 2.24) is 24.4 Å². The van der Waals surface area contributed by atoms with Gasteiger partial charge in [0.15, 0.2) is 5.82 Å². The zero-order valence-corrected chi connectivity index (χ0v) is 19.8. The highest BCUT2D eigenvalue weighted by molar-refractivity contribution is 5.91. The molecule has 2 unspecified atom stereocenters. The van der Waals surface area contributed by atoms with Crippen LogP contribution in [0.3, 0.4) is 0 Å². The van der Waals surface area contributed by atoms with E-state index in [0.29, 0.717) is 23.7 Å². The fraction of sp³-hybridized carbons (Fsp3) is 0.320. The molecule has 1 saturated heterocycles. The minimum atomic E-state index is -0.469. The zero-order chi connectivity index (χ0) is 24.4. The minimum Gasteiger partial charge on any atom is -0.491 e. The molecule has 10 heteroatoms. The van der Waals surface area contributed by atoms with E-state index in [0.717, 1.165) is 29.3 Å². The van der Waals surface area contributed by atoms with Gasteiger partial charge in [-0.05, 0) is 37.1 Å². The second kappa shape index (κ2) is 9.67. The monoisotopic (exact) mass is 474 g/mol. The second-order valence-corrected chi connectivity index (χ2v) is 8.51. The molecule has 3 aromatic heterocycles. The lowest BCUT2D eigenvalue weighted by Crippen LogP contribution is -2.18. The van der Waals surface area contributed by atoms with Crippen molar-refractivity contribution >= 4 is 40.1 Å². The molecule has 1 aliphatic heterocycles. The Kier molecular flexibility index (Phi) is 6.28. The van der Waals surface area contributed by atoms with Gasteiger partial charge in [0.2, 0.25) is 0 Å². The third-order valence-corrected chi connectivity index (χ3v) is 5.79. The van der Waals surface area contributed by atoms with E-state index >= 15 is 0 Å². The van der Waals surface area contributed by atoms with E-state index in [1.54, 1.807) is 12.4 Å². The molecular weight excluding hydrogens is 448 g/mol. The normalized spacial score (nSPS) is 17.9. The summed E-state index contributed by atoms with van der Waals surface area (Å²) >= 11 is 0. The molecule has 0 amide bonds. The Morgan fingerprint density at radius 2 is 2.09 bits per heavy atom. The number of hydrogen-bond acceptors (Lipinski definition) is 8. The molecule has 4 heterocycles. The van der Waals surface area contributed by atoms with Crippen LogP contribution in [0.15, 0.2) is 53.9 Å². The van der Waals surface area contributed by atoms with Crippen LogP contribution in [0.25, 0.3) is 21.9 Å². The fourth-order valence-corrected chi connectivity index (χ4v) is 4.07. The summed E-state index contributed by atoms with van der Waals surface area (Å²) in [4.78, 5) is 31.2. The number of carbonyl (C=O) groups excluding carboxylic acids is 1. The van der Waals surface area contributed by atoms with Crippen molar-refractivity contribution in [3.8, 4) is 5.75 Å². The van der Waals surface area contributed by atoms with E-state index < -0.39 is 5.97 Å². The Hall–Kier alpha value is -4.05. The quantitative estimate of drug-likeness (QED) is 0.227. The molecule has 0 saturated carbocycles. The number of carbonyl (C=O) groups is 1. The Balaban J connectivity index is 1.26. The first-order valence-electron chi connectivity index (χ1n) is 11.3. The van der Waals surface area contributed by atoms with E-state index in [-0.39, 0.29) is 18.0 Å². The van der Waals surface area contributed by atoms with E-state index in [4.69, 9.17) is 14.2 Å². The number of hydrogen-bond donors (Lipinski definition) is 0. The van der Waals surface area contributed by atoms with Crippen molar-refractivity contribution in [2.24, 2.45) is 4.99 Å². The molecule has 0 radical (unpaired) electrons. The Bertz CT molecular complexity index is 1400. The summed E-state index contributed by atoms with van der Waals surface area (Å²) in [7, 11) is 5.16. The molecular formula is C25H26N6O4. The zero-order valence-electron chi connectivity index (χ0n) is 19.8. The molecule has 4 aromatic rings. The molecule has 0 bridgehead atoms. The summed E-state index contributed by atoms with van der Waals surface area (Å²) in [5.41, 5.74) is 1.72. The third-order valence-electron chi connectivity index (χ3n) is 5.79. The van der Waals surface area contributed by atoms with Crippen molar-refractivity contribution in [3.05, 3.63) is 54.6 Å². The lowest BCUT2D eigenvalue weighted by atomic mass is 10.2. The average molecular weight is 475 g/mol. The van der Waals surface area contributed by atoms with Crippen molar-refractivity contribution in [3.63, 3.8) is 0 Å². The largest absolute Gasteiger partial charge is 0.491 e. The molecule has 180 valence electrons. The van der Waals surface area contributed by atoms with Gasteiger partial charge in [-0.15, -0.1) is 0 Å². The highest BCUT2D eigenvalue weighted by Gasteiger charge is 2.28. The standard InChI is InChI=1S/C25H26N6O4/c1-30(2)15-28-23-19-10-11-31(24(19)27-14-26-23)22-9-7-18(35-22)13-34-17-6-4-16-5-8-20(25(32)33-3)29-21(16)12-17/h4-6,8,10-12,14-15,18,22H,7,9,13H2,1-3H3/b28-15+. The first-order chi connectivity index (χ1) is 17.0. The summed E-state index contributed by atoms with van der Waals surface area (Å²) in [6.45, 7) is 0.408. The molecule has 35 heavy (non-hydrogen) atoms. The van der Waals surface area contributed by atoms with Gasteiger partial charge in [-0.3, -0.25) is 0 Å². The predicted molar refractivity (Wildman–Crippen MR) is 131 cm³/mol. The van der Waals surface area contributed by atoms with Gasteiger partial charge in [0.1, 0.15) is 36.3 Å². The SMILES string of the molecule is COC(=O)c1ccc2ccc(OCC3CCC(n4ccc5c(/N=C/N(C)C)ncnc54)O3)cc2n1. The van der Waals surface area contributed by atoms with E-state index in [9.17, 15) is 4.79 Å². The van der Waals surface area contributed by atoms with Gasteiger partial charge >= 0.3 is 5.97 Å². The van der Waals surface area contributed by atoms with E-state index in [1.807, 2.05) is 60.1 Å². The van der Waals surface area contributed by atoms with Crippen LogP contribution >= 0.6 is 0 Å². The molecule has 2 atom stereocenters. The topological polar surface area (TPSA) is 104 Å². The van der Waals surface area contributed by atoms with E-state index in [1.165, 1.54) is 13.4 Å². The maximum Gasteiger partial charge on any atom is 0.356 e. The third kappa shape index (κ3) is 4.78. The molecule has 1 aliphatic rings. The van der Waals surface area contributed by atoms with Gasteiger partial charge in [-0.2, -0.15) is 0 Å². The summed E-state index contributed by atoms with van der Waals surface area (Å²) < 4.78 is 19.1. The predicted octanol–water partition coefficient (Wildman–Crippen LogP) is 3.74. The van der Waals surface area contributed by atoms with Crippen LogP contribution in [0, 0.1) is 0 Å². The number of rotatable bonds is 7. The highest BCUT2D eigenvalue weighted by atomic mass is 16.6. The summed E-state index contributed by atoms with van der Waals surface area (Å²) in [6.07, 6.45) is 6.72. The maximum absolute atomic E-state index is 11.8. The molecule has 0 aliphatic carbocycles. The number of aromatic nitrogens is 4. The van der Waals surface area contributed by atoms with Crippen molar-refractivity contribution < 1.29 is 19.0 Å². The van der Waals surface area contributed by atoms with Crippen molar-refractivity contribution in [2.45, 2.75) is 25.2 Å². The first kappa shape index (κ1) is 22.7. The van der Waals surface area contributed by atoms with Gasteiger partial charge in [0.25, 0.3) is 0 Å². The number of pyridine rings is 1. The Morgan fingerprint density at radius 1 is 1.23 bits per heavy atom. The number of aliphatic imine (C=N–C) groups is 1. The molecule has 1 aromatic carbocycles. The van der Waals surface area contributed by atoms with Crippen molar-refractivity contribution in [1.29, 1.82) is 0 Å². The van der Waals surface area contributed by atoms with Crippen LogP contribution in [0.4, 0.5) is 5.82 Å². The van der Waals surface area contributed by atoms with Crippen LogP contribution in [-0.4, -0.2) is 70.6 Å². The van der Waals surface area contributed by atoms with Gasteiger partial charge in [0.05, 0.1) is 30.5 Å². The Morgan fingerprint density at radius 3 is 2.91 bits per heavy atom. The van der Waals surface area contributed by atoms with Crippen LogP contribution in [-0.2, 0) is 9.47 Å². The number of fused-ring (bicyclic) bond motifs is 2. The fourth-order valence-electron chi connectivity index (χ4n) is 4.07. The van der Waals surface area contributed by atoms with Gasteiger partial charge in [-0.1, -0.05) is 6.07 Å². The van der Waals surface area contributed by atoms with Crippen LogP contribution in [0.5, 0.6) is 5.75 Å². The summed E-state index contributed by atoms with van der Waals surface area (Å²) in [6, 6.07) is 11.1. The molecule has 5 rings (SSSR count). The minimum absolute atomic E-state index is 0.0596. The van der Waals surface area contributed by atoms with Gasteiger partial charge in [-0.25, -0.2) is 24.7 Å². The number of benzene rings is 1. The average Bonchev–Trinajstić information content (AvgIpc) is 3.52. The number of esters is 1. The summed E-state index contributed by atoms with van der Waals surface area (Å²) in [5, 5.41) is 1.79. The summed E-state index contributed by atoms with van der Waals surface area (Å²) in [5.74, 6) is 0.824. The van der Waals surface area contributed by atoms with Crippen molar-refractivity contribution in [2.75, 3.05) is 27.8 Å². The molecule has 0 spiro atoms. The van der Waals surface area contributed by atoms with Gasteiger partial charge in [0, 0.05) is 31.7 Å². The molecule has 0 N–H and O–H groups in total. The highest BCUT2D eigenvalue weighted by Crippen LogP contribution is 2.33.